The van der Waals surface area contributed by atoms with E-state index in [9.17, 15) is 0 Å². The lowest BCUT2D eigenvalue weighted by Gasteiger charge is -2.29. The summed E-state index contributed by atoms with van der Waals surface area (Å²) in [5.74, 6) is 0. The van der Waals surface area contributed by atoms with E-state index in [1.807, 2.05) is 0 Å². The van der Waals surface area contributed by atoms with Gasteiger partial charge in [0.1, 0.15) is 0 Å². The van der Waals surface area contributed by atoms with Crippen molar-refractivity contribution in [3.63, 3.8) is 0 Å². The molecule has 0 unspecified atom stereocenters. The topological polar surface area (TPSA) is 38.9 Å². The van der Waals surface area contributed by atoms with Gasteiger partial charge in [-0.2, -0.15) is 0 Å². The summed E-state index contributed by atoms with van der Waals surface area (Å²) in [6.07, 6.45) is 7.86. The van der Waals surface area contributed by atoms with Gasteiger partial charge in [0.25, 0.3) is 0 Å². The maximum atomic E-state index is 6.18. The Bertz CT molecular complexity index is 339. The first kappa shape index (κ1) is 11.2. The highest BCUT2D eigenvalue weighted by Crippen LogP contribution is 2.45. The second kappa shape index (κ2) is 4.28. The molecular formula is C11H14Cl2N2. The van der Waals surface area contributed by atoms with Crippen LogP contribution in [0.4, 0.5) is 0 Å². The number of hydrogen-bond acceptors (Lipinski definition) is 2. The third-order valence-electron chi connectivity index (χ3n) is 3.34. The Labute approximate surface area is 99.8 Å². The van der Waals surface area contributed by atoms with E-state index in [2.05, 4.69) is 4.98 Å². The minimum atomic E-state index is -0.0168. The molecular weight excluding hydrogens is 231 g/mol. The zero-order valence-electron chi connectivity index (χ0n) is 8.47. The lowest BCUT2D eigenvalue weighted by molar-refractivity contribution is 0.453. The first-order valence-electron chi connectivity index (χ1n) is 5.19. The first-order chi connectivity index (χ1) is 7.19. The van der Waals surface area contributed by atoms with Gasteiger partial charge in [-0.25, -0.2) is 0 Å². The summed E-state index contributed by atoms with van der Waals surface area (Å²) in [5, 5.41) is 1.30. The highest BCUT2D eigenvalue weighted by molar-refractivity contribution is 6.36. The van der Waals surface area contributed by atoms with E-state index in [0.717, 1.165) is 18.4 Å². The first-order valence-corrected chi connectivity index (χ1v) is 5.95. The van der Waals surface area contributed by atoms with E-state index in [-0.39, 0.29) is 5.41 Å². The molecule has 0 bridgehead atoms. The Hall–Kier alpha value is -0.310. The number of rotatable bonds is 2. The molecule has 1 aromatic rings. The predicted molar refractivity (Wildman–Crippen MR) is 63.5 cm³/mol. The molecule has 2 rings (SSSR count). The Balaban J connectivity index is 2.51. The van der Waals surface area contributed by atoms with Crippen molar-refractivity contribution in [1.29, 1.82) is 0 Å². The number of pyridine rings is 1. The Morgan fingerprint density at radius 2 is 1.73 bits per heavy atom. The van der Waals surface area contributed by atoms with Crippen molar-refractivity contribution >= 4 is 23.2 Å². The molecule has 1 heterocycles. The fourth-order valence-electron chi connectivity index (χ4n) is 2.53. The van der Waals surface area contributed by atoms with Crippen LogP contribution in [0.3, 0.4) is 0 Å². The van der Waals surface area contributed by atoms with Gasteiger partial charge in [-0.3, -0.25) is 4.98 Å². The molecule has 0 aliphatic heterocycles. The van der Waals surface area contributed by atoms with E-state index >= 15 is 0 Å². The van der Waals surface area contributed by atoms with E-state index in [1.54, 1.807) is 12.4 Å². The minimum absolute atomic E-state index is 0.0168. The SMILES string of the molecule is NCC1(c2c(Cl)cncc2Cl)CCCC1. The van der Waals surface area contributed by atoms with Gasteiger partial charge in [-0.15, -0.1) is 0 Å². The molecule has 1 aliphatic rings. The summed E-state index contributed by atoms with van der Waals surface area (Å²) < 4.78 is 0. The molecule has 0 saturated heterocycles. The summed E-state index contributed by atoms with van der Waals surface area (Å²) >= 11 is 12.4. The van der Waals surface area contributed by atoms with Crippen molar-refractivity contribution < 1.29 is 0 Å². The van der Waals surface area contributed by atoms with E-state index in [4.69, 9.17) is 28.9 Å². The maximum absolute atomic E-state index is 6.18. The molecule has 4 heteroatoms. The molecule has 1 fully saturated rings. The molecule has 2 N–H and O–H groups in total. The largest absolute Gasteiger partial charge is 0.330 e. The number of aromatic nitrogens is 1. The summed E-state index contributed by atoms with van der Waals surface area (Å²) in [6.45, 7) is 0.608. The fraction of sp³-hybridized carbons (Fsp3) is 0.545. The van der Waals surface area contributed by atoms with Crippen LogP contribution in [-0.2, 0) is 5.41 Å². The van der Waals surface area contributed by atoms with Gasteiger partial charge in [0, 0.05) is 24.4 Å². The Kier molecular flexibility index (Phi) is 3.19. The highest BCUT2D eigenvalue weighted by Gasteiger charge is 2.37. The van der Waals surface area contributed by atoms with Gasteiger partial charge in [-0.1, -0.05) is 36.0 Å². The zero-order valence-corrected chi connectivity index (χ0v) is 9.98. The summed E-state index contributed by atoms with van der Waals surface area (Å²) in [6, 6.07) is 0. The van der Waals surface area contributed by atoms with Crippen molar-refractivity contribution in [3.05, 3.63) is 28.0 Å². The van der Waals surface area contributed by atoms with Crippen LogP contribution in [0.15, 0.2) is 12.4 Å². The smallest absolute Gasteiger partial charge is 0.0642 e. The molecule has 15 heavy (non-hydrogen) atoms. The average molecular weight is 245 g/mol. The standard InChI is InChI=1S/C11H14Cl2N2/c12-8-5-15-6-9(13)10(8)11(7-14)3-1-2-4-11/h5-6H,1-4,7,14H2. The second-order valence-electron chi connectivity index (χ2n) is 4.17. The number of halogens is 2. The normalized spacial score (nSPS) is 19.4. The molecule has 1 aliphatic carbocycles. The van der Waals surface area contributed by atoms with Crippen LogP contribution in [0.25, 0.3) is 0 Å². The monoisotopic (exact) mass is 244 g/mol. The molecule has 0 radical (unpaired) electrons. The average Bonchev–Trinajstić information content (AvgIpc) is 2.67. The van der Waals surface area contributed by atoms with Gasteiger partial charge in [0.05, 0.1) is 10.0 Å². The number of hydrogen-bond donors (Lipinski definition) is 1. The number of nitrogens with zero attached hydrogens (tertiary/aromatic N) is 1. The van der Waals surface area contributed by atoms with Crippen molar-refractivity contribution in [1.82, 2.24) is 4.98 Å². The fourth-order valence-corrected chi connectivity index (χ4v) is 3.29. The van der Waals surface area contributed by atoms with Gasteiger partial charge in [-0.05, 0) is 18.4 Å². The van der Waals surface area contributed by atoms with Crippen LogP contribution in [0, 0.1) is 0 Å². The van der Waals surface area contributed by atoms with Crippen molar-refractivity contribution in [3.8, 4) is 0 Å². The minimum Gasteiger partial charge on any atom is -0.330 e. The second-order valence-corrected chi connectivity index (χ2v) is 4.98. The van der Waals surface area contributed by atoms with Crippen LogP contribution in [0.5, 0.6) is 0 Å². The maximum Gasteiger partial charge on any atom is 0.0642 e. The van der Waals surface area contributed by atoms with Crippen LogP contribution in [0.1, 0.15) is 31.2 Å². The van der Waals surface area contributed by atoms with Gasteiger partial charge in [0.15, 0.2) is 0 Å². The van der Waals surface area contributed by atoms with Crippen molar-refractivity contribution in [2.45, 2.75) is 31.1 Å². The van der Waals surface area contributed by atoms with Gasteiger partial charge in [0.2, 0.25) is 0 Å². The molecule has 0 spiro atoms. The summed E-state index contributed by atoms with van der Waals surface area (Å²) in [4.78, 5) is 3.98. The molecule has 0 aromatic carbocycles. The van der Waals surface area contributed by atoms with Crippen LogP contribution >= 0.6 is 23.2 Å². The van der Waals surface area contributed by atoms with Crippen LogP contribution in [-0.4, -0.2) is 11.5 Å². The quantitative estimate of drug-likeness (QED) is 0.869. The lowest BCUT2D eigenvalue weighted by Crippen LogP contribution is -2.32. The molecule has 1 aromatic heterocycles. The van der Waals surface area contributed by atoms with E-state index in [0.29, 0.717) is 16.6 Å². The third kappa shape index (κ3) is 1.86. The zero-order chi connectivity index (χ0) is 10.9. The Morgan fingerprint density at radius 3 is 2.20 bits per heavy atom. The molecule has 0 amide bonds. The van der Waals surface area contributed by atoms with Crippen LogP contribution in [0.2, 0.25) is 10.0 Å². The number of nitrogens with two attached hydrogens (primary N) is 1. The summed E-state index contributed by atoms with van der Waals surface area (Å²) in [5.41, 5.74) is 6.88. The molecule has 0 atom stereocenters. The van der Waals surface area contributed by atoms with Gasteiger partial charge >= 0.3 is 0 Å². The molecule has 1 saturated carbocycles. The molecule has 82 valence electrons. The van der Waals surface area contributed by atoms with Crippen molar-refractivity contribution in [2.24, 2.45) is 5.73 Å². The third-order valence-corrected chi connectivity index (χ3v) is 3.91. The molecule has 2 nitrogen and oxygen atoms in total. The lowest BCUT2D eigenvalue weighted by atomic mass is 9.79. The predicted octanol–water partition coefficient (Wildman–Crippen LogP) is 3.16. The van der Waals surface area contributed by atoms with Gasteiger partial charge < -0.3 is 5.73 Å². The van der Waals surface area contributed by atoms with Crippen LogP contribution < -0.4 is 5.73 Å². The Morgan fingerprint density at radius 1 is 1.20 bits per heavy atom. The highest BCUT2D eigenvalue weighted by atomic mass is 35.5. The van der Waals surface area contributed by atoms with E-state index in [1.165, 1.54) is 12.8 Å². The van der Waals surface area contributed by atoms with Crippen molar-refractivity contribution in [2.75, 3.05) is 6.54 Å². The van der Waals surface area contributed by atoms with E-state index < -0.39 is 0 Å². The summed E-state index contributed by atoms with van der Waals surface area (Å²) in [7, 11) is 0.